The van der Waals surface area contributed by atoms with E-state index in [0.29, 0.717) is 10.9 Å². The molecule has 2 heterocycles. The topological polar surface area (TPSA) is 105 Å². The summed E-state index contributed by atoms with van der Waals surface area (Å²) >= 11 is 0. The molecule has 1 aromatic heterocycles. The van der Waals surface area contributed by atoms with E-state index in [9.17, 15) is 23.6 Å². The van der Waals surface area contributed by atoms with E-state index in [4.69, 9.17) is 9.47 Å². The first-order valence-electron chi connectivity index (χ1n) is 11.3. The molecule has 1 saturated carbocycles. The van der Waals surface area contributed by atoms with Gasteiger partial charge in [-0.3, -0.25) is 9.78 Å². The number of amides is 3. The van der Waals surface area contributed by atoms with E-state index >= 15 is 0 Å². The number of rotatable bonds is 4. The van der Waals surface area contributed by atoms with Crippen LogP contribution < -0.4 is 15.0 Å². The molecule has 0 radical (unpaired) electrons. The largest absolute Gasteiger partial charge is 0.494 e. The predicted octanol–water partition coefficient (Wildman–Crippen LogP) is 4.03. The normalized spacial score (nSPS) is 23.7. The van der Waals surface area contributed by atoms with Crippen molar-refractivity contribution >= 4 is 28.4 Å². The van der Waals surface area contributed by atoms with Crippen molar-refractivity contribution in [1.82, 2.24) is 10.3 Å². The van der Waals surface area contributed by atoms with E-state index in [0.717, 1.165) is 11.0 Å². The Morgan fingerprint density at radius 1 is 1.11 bits per heavy atom. The molecule has 184 valence electrons. The van der Waals surface area contributed by atoms with Crippen LogP contribution in [0, 0.1) is 28.9 Å². The number of carbonyl (C=O) groups excluding carboxylic acids is 2. The summed E-state index contributed by atoms with van der Waals surface area (Å²) in [4.78, 5) is 31.8. The Hall–Kier alpha value is -4.10. The first-order valence-corrected chi connectivity index (χ1v) is 11.3. The molecule has 8 nitrogen and oxygen atoms in total. The smallest absolute Gasteiger partial charge is 0.329 e. The molecule has 1 aliphatic carbocycles. The quantitative estimate of drug-likeness (QED) is 0.590. The van der Waals surface area contributed by atoms with Crippen LogP contribution in [0.25, 0.3) is 10.8 Å². The molecular weight excluding hydrogens is 470 g/mol. The van der Waals surface area contributed by atoms with Crippen LogP contribution in [0.3, 0.4) is 0 Å². The van der Waals surface area contributed by atoms with Crippen molar-refractivity contribution in [2.24, 2.45) is 5.92 Å². The third kappa shape index (κ3) is 3.72. The fourth-order valence-corrected chi connectivity index (χ4v) is 5.38. The van der Waals surface area contributed by atoms with E-state index < -0.39 is 47.6 Å². The minimum atomic E-state index is -0.689. The van der Waals surface area contributed by atoms with Crippen molar-refractivity contribution in [1.29, 1.82) is 5.26 Å². The Morgan fingerprint density at radius 3 is 2.64 bits per heavy atom. The number of ether oxygens (including phenoxy) is 2. The summed E-state index contributed by atoms with van der Waals surface area (Å²) in [5, 5.41) is 13.1. The molecule has 4 unspecified atom stereocenters. The summed E-state index contributed by atoms with van der Waals surface area (Å²) < 4.78 is 39.8. The molecule has 3 amide bonds. The maximum Gasteiger partial charge on any atom is 0.329 e. The van der Waals surface area contributed by atoms with Gasteiger partial charge < -0.3 is 14.8 Å². The lowest BCUT2D eigenvalue weighted by Gasteiger charge is -2.45. The number of hydrogen-bond acceptors (Lipinski definition) is 6. The molecule has 5 rings (SSSR count). The molecule has 0 bridgehead atoms. The maximum absolute atomic E-state index is 14.7. The molecule has 4 atom stereocenters. The van der Waals surface area contributed by atoms with Gasteiger partial charge in [-0.15, -0.1) is 0 Å². The number of imide groups is 1. The number of nitriles is 1. The van der Waals surface area contributed by atoms with Gasteiger partial charge in [0.15, 0.2) is 11.6 Å². The Morgan fingerprint density at radius 2 is 1.92 bits per heavy atom. The summed E-state index contributed by atoms with van der Waals surface area (Å²) in [6.07, 6.45) is 2.77. The number of fused-ring (bicyclic) bond motifs is 2. The van der Waals surface area contributed by atoms with Crippen molar-refractivity contribution < 1.29 is 27.8 Å². The van der Waals surface area contributed by atoms with Crippen LogP contribution in [0.2, 0.25) is 0 Å². The first kappa shape index (κ1) is 23.6. The lowest BCUT2D eigenvalue weighted by atomic mass is 9.71. The van der Waals surface area contributed by atoms with Gasteiger partial charge in [-0.05, 0) is 36.6 Å². The number of anilines is 1. The second-order valence-corrected chi connectivity index (χ2v) is 8.87. The third-order valence-electron chi connectivity index (χ3n) is 7.08. The predicted molar refractivity (Wildman–Crippen MR) is 125 cm³/mol. The monoisotopic (exact) mass is 492 g/mol. The first-order chi connectivity index (χ1) is 17.4. The highest BCUT2D eigenvalue weighted by molar-refractivity contribution is 6.20. The molecule has 10 heteroatoms. The molecule has 1 aliphatic heterocycles. The Balaban J connectivity index is 1.51. The zero-order valence-electron chi connectivity index (χ0n) is 19.5. The number of halogens is 2. The molecule has 1 saturated heterocycles. The maximum atomic E-state index is 14.7. The van der Waals surface area contributed by atoms with E-state index in [2.05, 4.69) is 10.3 Å². The van der Waals surface area contributed by atoms with Crippen molar-refractivity contribution in [2.45, 2.75) is 30.9 Å². The molecular formula is C26H22F2N4O4. The number of methoxy groups -OCH3 is 2. The molecule has 2 aromatic carbocycles. The highest BCUT2D eigenvalue weighted by Gasteiger charge is 2.49. The highest BCUT2D eigenvalue weighted by atomic mass is 19.1. The van der Waals surface area contributed by atoms with Crippen LogP contribution in [0.1, 0.15) is 29.9 Å². The van der Waals surface area contributed by atoms with Gasteiger partial charge in [-0.2, -0.15) is 5.26 Å². The molecule has 1 N–H and O–H groups in total. The van der Waals surface area contributed by atoms with Gasteiger partial charge in [0.05, 0.1) is 42.6 Å². The van der Waals surface area contributed by atoms with Crippen LogP contribution in [-0.4, -0.2) is 43.3 Å². The lowest BCUT2D eigenvalue weighted by molar-refractivity contribution is -0.126. The van der Waals surface area contributed by atoms with Crippen LogP contribution in [0.15, 0.2) is 42.7 Å². The van der Waals surface area contributed by atoms with Gasteiger partial charge in [-0.25, -0.2) is 18.5 Å². The summed E-state index contributed by atoms with van der Waals surface area (Å²) in [5.41, 5.74) is 0.717. The summed E-state index contributed by atoms with van der Waals surface area (Å²) in [5.74, 6) is -2.79. The minimum absolute atomic E-state index is 0.0126. The number of nitrogens with one attached hydrogen (secondary N) is 1. The third-order valence-corrected chi connectivity index (χ3v) is 7.08. The average molecular weight is 492 g/mol. The van der Waals surface area contributed by atoms with Crippen LogP contribution in [-0.2, 0) is 9.53 Å². The molecule has 2 aliphatic rings. The number of pyridine rings is 1. The standard InChI is InChI=1S/C26H22F2N4O4/c1-35-22-9-17-20(7-16(22)15-8-23(36-2)19(28)6-14(15)10-29)31-26(34)32(25(17)33)21-12-30-11-13-4-3-5-18(27)24(13)21/h3-6,8,11-12,16-17,20,22H,7,9H2,1-2H3,(H,31,34). The van der Waals surface area contributed by atoms with E-state index in [1.807, 2.05) is 6.07 Å². The number of nitrogens with zero attached hydrogens (tertiary/aromatic N) is 3. The zero-order valence-corrected chi connectivity index (χ0v) is 19.5. The molecule has 0 spiro atoms. The highest BCUT2D eigenvalue weighted by Crippen LogP contribution is 2.43. The van der Waals surface area contributed by atoms with Gasteiger partial charge in [0, 0.05) is 36.0 Å². The van der Waals surface area contributed by atoms with Gasteiger partial charge >= 0.3 is 6.03 Å². The number of hydrogen-bond donors (Lipinski definition) is 1. The van der Waals surface area contributed by atoms with Gasteiger partial charge in [0.1, 0.15) is 5.82 Å². The molecule has 2 fully saturated rings. The summed E-state index contributed by atoms with van der Waals surface area (Å²) in [7, 11) is 2.83. The Kier molecular flexibility index (Phi) is 6.02. The van der Waals surface area contributed by atoms with E-state index in [1.54, 1.807) is 6.07 Å². The van der Waals surface area contributed by atoms with E-state index in [1.165, 1.54) is 44.8 Å². The summed E-state index contributed by atoms with van der Waals surface area (Å²) in [6, 6.07) is 7.78. The fourth-order valence-electron chi connectivity index (χ4n) is 5.38. The second kappa shape index (κ2) is 9.17. The van der Waals surface area contributed by atoms with Crippen LogP contribution in [0.5, 0.6) is 5.75 Å². The number of aromatic nitrogens is 1. The SMILES string of the molecule is COc1cc(C2CC3NC(=O)N(c4cncc5cccc(F)c45)C(=O)C3CC2OC)c(C#N)cc1F. The second-order valence-electron chi connectivity index (χ2n) is 8.87. The van der Waals surface area contributed by atoms with Crippen LogP contribution >= 0.6 is 0 Å². The lowest BCUT2D eigenvalue weighted by Crippen LogP contribution is -2.63. The molecule has 36 heavy (non-hydrogen) atoms. The van der Waals surface area contributed by atoms with Gasteiger partial charge in [0.25, 0.3) is 0 Å². The Bertz CT molecular complexity index is 1420. The van der Waals surface area contributed by atoms with Crippen molar-refractivity contribution in [2.75, 3.05) is 19.1 Å². The number of benzene rings is 2. The van der Waals surface area contributed by atoms with E-state index in [-0.39, 0.29) is 35.2 Å². The molecule has 3 aromatic rings. The van der Waals surface area contributed by atoms with Crippen molar-refractivity contribution in [3.05, 3.63) is 65.5 Å². The van der Waals surface area contributed by atoms with Gasteiger partial charge in [0.2, 0.25) is 5.91 Å². The average Bonchev–Trinajstić information content (AvgIpc) is 2.88. The number of carbonyl (C=O) groups is 2. The number of urea groups is 1. The summed E-state index contributed by atoms with van der Waals surface area (Å²) in [6.45, 7) is 0. The van der Waals surface area contributed by atoms with Crippen molar-refractivity contribution in [3.63, 3.8) is 0 Å². The fraction of sp³-hybridized carbons (Fsp3) is 0.308. The van der Waals surface area contributed by atoms with Crippen molar-refractivity contribution in [3.8, 4) is 11.8 Å². The van der Waals surface area contributed by atoms with Gasteiger partial charge in [-0.1, -0.05) is 12.1 Å². The minimum Gasteiger partial charge on any atom is -0.494 e. The zero-order chi connectivity index (χ0) is 25.6. The van der Waals surface area contributed by atoms with Crippen LogP contribution in [0.4, 0.5) is 19.3 Å². The Labute approximate surface area is 205 Å².